The van der Waals surface area contributed by atoms with Crippen LogP contribution in [0.2, 0.25) is 0 Å². The van der Waals surface area contributed by atoms with Crippen LogP contribution in [0, 0.1) is 0 Å². The van der Waals surface area contributed by atoms with E-state index in [1.54, 1.807) is 30.3 Å². The Bertz CT molecular complexity index is 1370. The summed E-state index contributed by atoms with van der Waals surface area (Å²) in [6.45, 7) is 0. The molecule has 0 aromatic heterocycles. The number of rotatable bonds is 2. The van der Waals surface area contributed by atoms with Gasteiger partial charge in [-0.3, -0.25) is 4.79 Å². The molecular formula is C20H6Br4Na3O5+. The molecule has 146 valence electrons. The minimum absolute atomic E-state index is 0. The zero-order valence-electron chi connectivity index (χ0n) is 17.0. The van der Waals surface area contributed by atoms with Crippen molar-refractivity contribution >= 4 is 80.7 Å². The first-order valence-corrected chi connectivity index (χ1v) is 11.1. The topological polar surface area (TPSA) is 93.4 Å². The first-order valence-electron chi connectivity index (χ1n) is 7.96. The summed E-state index contributed by atoms with van der Waals surface area (Å²) in [5.41, 5.74) is 1.17. The molecule has 0 unspecified atom stereocenters. The second-order valence-electron chi connectivity index (χ2n) is 6.07. The van der Waals surface area contributed by atoms with Crippen molar-refractivity contribution in [3.05, 3.63) is 70.1 Å². The standard InChI is InChI=1S/C20H8Br4O5.3Na/c21-11-5-9-13(7-3-1-2-4-8(7)20(27)28)10-6-12(22)17(26)15(24)19(10)29-18(9)14(23)16(11)25;;;/h1-6,25H,(H,27,28);;;/q;3*+1/p-2. The van der Waals surface area contributed by atoms with Gasteiger partial charge in [0.15, 0.2) is 5.76 Å². The average molecular weight is 715 g/mol. The molecule has 0 radical (unpaired) electrons. The Morgan fingerprint density at radius 3 is 2.12 bits per heavy atom. The van der Waals surface area contributed by atoms with Gasteiger partial charge in [0, 0.05) is 26.5 Å². The number of fused-ring (bicyclic) bond motifs is 2. The molecule has 1 aliphatic heterocycles. The smallest absolute Gasteiger partial charge is 0.871 e. The van der Waals surface area contributed by atoms with Gasteiger partial charge in [0.2, 0.25) is 5.43 Å². The Kier molecular flexibility index (Phi) is 12.3. The Labute approximate surface area is 282 Å². The van der Waals surface area contributed by atoms with Crippen molar-refractivity contribution in [3.63, 3.8) is 0 Å². The van der Waals surface area contributed by atoms with Crippen molar-refractivity contribution < 1.29 is 108 Å². The number of carboxylic acid groups (broad SMARTS) is 1. The summed E-state index contributed by atoms with van der Waals surface area (Å²) in [6.07, 6.45) is 0. The second kappa shape index (κ2) is 12.5. The van der Waals surface area contributed by atoms with E-state index in [1.807, 2.05) is 0 Å². The van der Waals surface area contributed by atoms with Gasteiger partial charge < -0.3 is 19.4 Å². The molecule has 0 N–H and O–H groups in total. The van der Waals surface area contributed by atoms with Crippen LogP contribution in [0.3, 0.4) is 0 Å². The molecule has 0 saturated carbocycles. The first-order chi connectivity index (χ1) is 13.7. The van der Waals surface area contributed by atoms with Gasteiger partial charge in [0.05, 0.1) is 14.9 Å². The molecule has 12 heteroatoms. The van der Waals surface area contributed by atoms with E-state index in [2.05, 4.69) is 63.7 Å². The number of carbonyl (C=O) groups excluding carboxylic acids is 1. The van der Waals surface area contributed by atoms with Crippen LogP contribution >= 0.6 is 63.7 Å². The third-order valence-electron chi connectivity index (χ3n) is 4.42. The molecule has 0 fully saturated rings. The zero-order valence-corrected chi connectivity index (χ0v) is 29.4. The number of carboxylic acids is 1. The Balaban J connectivity index is 0.00000171. The van der Waals surface area contributed by atoms with E-state index in [0.29, 0.717) is 22.1 Å². The van der Waals surface area contributed by atoms with Crippen LogP contribution in [0.15, 0.2) is 63.5 Å². The van der Waals surface area contributed by atoms with E-state index in [-0.39, 0.29) is 135 Å². The van der Waals surface area contributed by atoms with E-state index < -0.39 is 5.97 Å². The quantitative estimate of drug-likeness (QED) is 0.156. The van der Waals surface area contributed by atoms with Crippen LogP contribution in [0.25, 0.3) is 33.4 Å². The molecule has 0 amide bonds. The van der Waals surface area contributed by atoms with E-state index in [0.717, 1.165) is 0 Å². The maximum atomic E-state index is 12.4. The van der Waals surface area contributed by atoms with Gasteiger partial charge in [-0.05, 0) is 65.5 Å². The van der Waals surface area contributed by atoms with Crippen LogP contribution in [0.5, 0.6) is 5.75 Å². The normalized spacial score (nSPS) is 10.2. The summed E-state index contributed by atoms with van der Waals surface area (Å²) in [5.74, 6) is -1.49. The summed E-state index contributed by atoms with van der Waals surface area (Å²) in [6, 6.07) is 9.50. The largest absolute Gasteiger partial charge is 1.00 e. The molecule has 4 rings (SSSR count). The molecule has 5 nitrogen and oxygen atoms in total. The van der Waals surface area contributed by atoms with Crippen LogP contribution in [-0.2, 0) is 0 Å². The van der Waals surface area contributed by atoms with Gasteiger partial charge in [-0.2, -0.15) is 0 Å². The summed E-state index contributed by atoms with van der Waals surface area (Å²) in [7, 11) is 0. The molecule has 0 bridgehead atoms. The van der Waals surface area contributed by atoms with E-state index in [9.17, 15) is 19.8 Å². The van der Waals surface area contributed by atoms with Gasteiger partial charge in [-0.1, -0.05) is 45.9 Å². The molecule has 2 aromatic carbocycles. The summed E-state index contributed by atoms with van der Waals surface area (Å²) in [5, 5.41) is 24.7. The minimum Gasteiger partial charge on any atom is -0.871 e. The van der Waals surface area contributed by atoms with E-state index in [1.165, 1.54) is 6.07 Å². The third-order valence-corrected chi connectivity index (χ3v) is 7.04. The maximum Gasteiger partial charge on any atom is 1.00 e. The number of hydrogen-bond acceptors (Lipinski definition) is 5. The van der Waals surface area contributed by atoms with Gasteiger partial charge in [-0.25, -0.2) is 0 Å². The van der Waals surface area contributed by atoms with Crippen LogP contribution in [-0.4, -0.2) is 5.97 Å². The molecular weight excluding hydrogens is 709 g/mol. The van der Waals surface area contributed by atoms with Crippen molar-refractivity contribution in [2.45, 2.75) is 0 Å². The molecule has 0 saturated heterocycles. The number of benzene rings is 3. The molecule has 2 aromatic rings. The first kappa shape index (κ1) is 31.4. The Morgan fingerprint density at radius 2 is 1.50 bits per heavy atom. The molecule has 2 aliphatic rings. The van der Waals surface area contributed by atoms with Crippen molar-refractivity contribution in [1.29, 1.82) is 0 Å². The van der Waals surface area contributed by atoms with Crippen molar-refractivity contribution in [2.24, 2.45) is 0 Å². The van der Waals surface area contributed by atoms with Gasteiger partial charge in [-0.15, -0.1) is 0 Å². The van der Waals surface area contributed by atoms with Gasteiger partial charge in [0.1, 0.15) is 10.1 Å². The summed E-state index contributed by atoms with van der Waals surface area (Å²) in [4.78, 5) is 24.2. The SMILES string of the molecule is O=C([O-])c1ccccc1-c1c2cc(Br)c(=O)c(Br)c-2oc2c(Br)c([O-])c(Br)cc12.[Na+].[Na+].[Na+]. The van der Waals surface area contributed by atoms with Crippen LogP contribution < -0.4 is 104 Å². The monoisotopic (exact) mass is 711 g/mol. The average Bonchev–Trinajstić information content (AvgIpc) is 2.69. The van der Waals surface area contributed by atoms with E-state index >= 15 is 0 Å². The third kappa shape index (κ3) is 5.51. The predicted molar refractivity (Wildman–Crippen MR) is 119 cm³/mol. The maximum absolute atomic E-state index is 12.4. The number of aromatic carboxylic acids is 1. The van der Waals surface area contributed by atoms with Gasteiger partial charge in [0.25, 0.3) is 0 Å². The fourth-order valence-corrected chi connectivity index (χ4v) is 5.56. The van der Waals surface area contributed by atoms with Crippen LogP contribution in [0.4, 0.5) is 0 Å². The van der Waals surface area contributed by atoms with Crippen molar-refractivity contribution in [3.8, 4) is 28.2 Å². The fraction of sp³-hybridized carbons (Fsp3) is 0. The number of halogens is 4. The fourth-order valence-electron chi connectivity index (χ4n) is 3.16. The van der Waals surface area contributed by atoms with Gasteiger partial charge >= 0.3 is 88.7 Å². The molecule has 0 spiro atoms. The van der Waals surface area contributed by atoms with Crippen LogP contribution in [0.1, 0.15) is 10.4 Å². The second-order valence-corrected chi connectivity index (χ2v) is 9.36. The molecule has 32 heavy (non-hydrogen) atoms. The molecule has 0 atom stereocenters. The number of carbonyl (C=O) groups is 1. The minimum atomic E-state index is -1.35. The molecule has 1 aliphatic carbocycles. The Hall–Kier alpha value is 1.32. The summed E-state index contributed by atoms with van der Waals surface area (Å²) < 4.78 is 6.80. The summed E-state index contributed by atoms with van der Waals surface area (Å²) >= 11 is 13.0. The predicted octanol–water partition coefficient (Wildman–Crippen LogP) is -3.94. The van der Waals surface area contributed by atoms with Crippen molar-refractivity contribution in [1.82, 2.24) is 0 Å². The van der Waals surface area contributed by atoms with E-state index in [4.69, 9.17) is 4.42 Å². The number of hydrogen-bond donors (Lipinski definition) is 0. The molecule has 1 heterocycles. The van der Waals surface area contributed by atoms with Crippen molar-refractivity contribution in [2.75, 3.05) is 0 Å². The zero-order chi connectivity index (χ0) is 21.0. The Morgan fingerprint density at radius 1 is 0.875 bits per heavy atom.